The van der Waals surface area contributed by atoms with Crippen LogP contribution in [-0.4, -0.2) is 25.8 Å². The first-order valence-corrected chi connectivity index (χ1v) is 9.32. The number of hydrogen-bond donors (Lipinski definition) is 3. The Labute approximate surface area is 178 Å². The third-order valence-corrected chi connectivity index (χ3v) is 4.43. The van der Waals surface area contributed by atoms with E-state index in [9.17, 15) is 18.0 Å². The molecule has 3 aromatic rings. The molecule has 0 aliphatic heterocycles. The fourth-order valence-electron chi connectivity index (χ4n) is 2.81. The van der Waals surface area contributed by atoms with Crippen molar-refractivity contribution in [2.75, 3.05) is 10.7 Å². The lowest BCUT2D eigenvalue weighted by atomic mass is 9.99. The van der Waals surface area contributed by atoms with E-state index < -0.39 is 17.9 Å². The maximum Gasteiger partial charge on any atom is 0.435 e. The number of anilines is 2. The van der Waals surface area contributed by atoms with E-state index in [2.05, 4.69) is 31.2 Å². The van der Waals surface area contributed by atoms with Crippen molar-refractivity contribution < 1.29 is 18.0 Å². The van der Waals surface area contributed by atoms with Crippen LogP contribution in [0.5, 0.6) is 0 Å². The molecule has 3 rings (SSSR count). The van der Waals surface area contributed by atoms with Gasteiger partial charge < -0.3 is 5.32 Å². The molecule has 0 bridgehead atoms. The first-order chi connectivity index (χ1) is 14.0. The number of nitrogens with zero attached hydrogens (tertiary/aromatic N) is 4. The van der Waals surface area contributed by atoms with Crippen molar-refractivity contribution in [3.63, 3.8) is 0 Å². The van der Waals surface area contributed by atoms with E-state index in [4.69, 9.17) is 23.2 Å². The van der Waals surface area contributed by atoms with Crippen molar-refractivity contribution in [2.45, 2.75) is 25.9 Å². The summed E-state index contributed by atoms with van der Waals surface area (Å²) in [6, 6.07) is 3.54. The molecule has 160 valence electrons. The summed E-state index contributed by atoms with van der Waals surface area (Å²) in [5.41, 5.74) is 4.65. The Hall–Kier alpha value is -2.79. The van der Waals surface area contributed by atoms with E-state index >= 15 is 0 Å². The van der Waals surface area contributed by atoms with Crippen molar-refractivity contribution in [2.24, 2.45) is 7.05 Å². The second-order valence-electron chi connectivity index (χ2n) is 6.63. The summed E-state index contributed by atoms with van der Waals surface area (Å²) in [5.74, 6) is -0.111. The molecule has 30 heavy (non-hydrogen) atoms. The smallest absolute Gasteiger partial charge is 0.306 e. The number of fused-ring (bicyclic) bond motifs is 1. The van der Waals surface area contributed by atoms with E-state index in [1.807, 2.05) is 0 Å². The van der Waals surface area contributed by atoms with E-state index in [0.29, 0.717) is 11.3 Å². The molecular weight excluding hydrogens is 446 g/mol. The normalized spacial score (nSPS) is 11.8. The molecule has 0 saturated carbocycles. The van der Waals surface area contributed by atoms with Crippen molar-refractivity contribution in [3.8, 4) is 0 Å². The number of hydrogen-bond acceptors (Lipinski definition) is 5. The summed E-state index contributed by atoms with van der Waals surface area (Å²) in [6.07, 6.45) is -4.62. The lowest BCUT2D eigenvalue weighted by molar-refractivity contribution is -0.140. The molecule has 3 heterocycles. The third-order valence-electron chi connectivity index (χ3n) is 4.04. The average molecular weight is 462 g/mol. The van der Waals surface area contributed by atoms with Gasteiger partial charge in [-0.2, -0.15) is 18.3 Å². The summed E-state index contributed by atoms with van der Waals surface area (Å²) < 4.78 is 41.2. The number of pyridine rings is 2. The molecule has 0 radical (unpaired) electrons. The number of nitrogens with one attached hydrogen (secondary N) is 3. The second-order valence-corrected chi connectivity index (χ2v) is 7.40. The molecule has 0 atom stereocenters. The topological polar surface area (TPSA) is 96.8 Å². The van der Waals surface area contributed by atoms with Gasteiger partial charge in [0.15, 0.2) is 11.3 Å². The van der Waals surface area contributed by atoms with Gasteiger partial charge in [0, 0.05) is 12.7 Å². The zero-order valence-corrected chi connectivity index (χ0v) is 17.4. The van der Waals surface area contributed by atoms with Gasteiger partial charge in [0.1, 0.15) is 16.1 Å². The second kappa shape index (κ2) is 8.15. The molecule has 3 N–H and O–H groups in total. The van der Waals surface area contributed by atoms with Gasteiger partial charge in [-0.1, -0.05) is 37.0 Å². The SMILES string of the molecule is CC(C)c1cc(NNC(=O)Nc2cc(Cl)nc(Cl)c2)nc2c1c(C(F)(F)F)nn2C. The van der Waals surface area contributed by atoms with Crippen LogP contribution in [-0.2, 0) is 13.2 Å². The molecule has 8 nitrogen and oxygen atoms in total. The van der Waals surface area contributed by atoms with Gasteiger partial charge in [0.25, 0.3) is 0 Å². The average Bonchev–Trinajstić information content (AvgIpc) is 2.95. The Kier molecular flexibility index (Phi) is 5.95. The molecule has 0 saturated heterocycles. The van der Waals surface area contributed by atoms with Gasteiger partial charge in [0.05, 0.1) is 5.39 Å². The highest BCUT2D eigenvalue weighted by molar-refractivity contribution is 6.33. The van der Waals surface area contributed by atoms with Crippen LogP contribution in [0.15, 0.2) is 18.2 Å². The molecular formula is C17H16Cl2F3N7O. The number of halogens is 5. The Balaban J connectivity index is 1.86. The van der Waals surface area contributed by atoms with Crippen molar-refractivity contribution in [1.29, 1.82) is 0 Å². The number of rotatable bonds is 4. The van der Waals surface area contributed by atoms with Crippen LogP contribution in [0.25, 0.3) is 11.0 Å². The zero-order valence-electron chi connectivity index (χ0n) is 15.9. The molecule has 0 aromatic carbocycles. The summed E-state index contributed by atoms with van der Waals surface area (Å²) >= 11 is 11.6. The van der Waals surface area contributed by atoms with Crippen LogP contribution in [0.1, 0.15) is 31.0 Å². The minimum absolute atomic E-state index is 0.0333. The lowest BCUT2D eigenvalue weighted by Crippen LogP contribution is -2.34. The van der Waals surface area contributed by atoms with Crippen LogP contribution in [0, 0.1) is 0 Å². The Morgan fingerprint density at radius 2 is 1.77 bits per heavy atom. The molecule has 0 aliphatic carbocycles. The van der Waals surface area contributed by atoms with Gasteiger partial charge in [-0.3, -0.25) is 10.9 Å². The van der Waals surface area contributed by atoms with Crippen LogP contribution in [0.3, 0.4) is 0 Å². The maximum atomic E-state index is 13.4. The molecule has 2 amide bonds. The van der Waals surface area contributed by atoms with Crippen molar-refractivity contribution >= 4 is 51.8 Å². The fraction of sp³-hybridized carbons (Fsp3) is 0.294. The minimum Gasteiger partial charge on any atom is -0.306 e. The highest BCUT2D eigenvalue weighted by atomic mass is 35.5. The summed E-state index contributed by atoms with van der Waals surface area (Å²) in [4.78, 5) is 20.0. The maximum absolute atomic E-state index is 13.4. The molecule has 0 fully saturated rings. The first kappa shape index (κ1) is 21.9. The number of carbonyl (C=O) groups is 1. The summed E-state index contributed by atoms with van der Waals surface area (Å²) in [7, 11) is 1.37. The third kappa shape index (κ3) is 4.68. The van der Waals surface area contributed by atoms with E-state index in [1.165, 1.54) is 25.2 Å². The molecule has 0 spiro atoms. The Morgan fingerprint density at radius 3 is 2.33 bits per heavy atom. The highest BCUT2D eigenvalue weighted by Gasteiger charge is 2.38. The zero-order chi connectivity index (χ0) is 22.2. The van der Waals surface area contributed by atoms with E-state index in [0.717, 1.165) is 4.68 Å². The highest BCUT2D eigenvalue weighted by Crippen LogP contribution is 2.37. The fourth-order valence-corrected chi connectivity index (χ4v) is 3.27. The van der Waals surface area contributed by atoms with Gasteiger partial charge in [-0.15, -0.1) is 0 Å². The van der Waals surface area contributed by atoms with Crippen LogP contribution >= 0.6 is 23.2 Å². The lowest BCUT2D eigenvalue weighted by Gasteiger charge is -2.14. The largest absolute Gasteiger partial charge is 0.435 e. The number of aromatic nitrogens is 4. The van der Waals surface area contributed by atoms with E-state index in [1.54, 1.807) is 13.8 Å². The number of hydrazine groups is 1. The number of aryl methyl sites for hydroxylation is 1. The predicted octanol–water partition coefficient (Wildman–Crippen LogP) is 4.96. The first-order valence-electron chi connectivity index (χ1n) is 8.56. The van der Waals surface area contributed by atoms with Gasteiger partial charge in [-0.25, -0.2) is 19.4 Å². The monoisotopic (exact) mass is 461 g/mol. The Bertz CT molecular complexity index is 1090. The van der Waals surface area contributed by atoms with Gasteiger partial charge in [-0.05, 0) is 29.7 Å². The number of urea groups is 1. The van der Waals surface area contributed by atoms with E-state index in [-0.39, 0.29) is 33.1 Å². The number of amides is 2. The quantitative estimate of drug-likeness (QED) is 0.376. The van der Waals surface area contributed by atoms with Gasteiger partial charge in [0.2, 0.25) is 0 Å². The van der Waals surface area contributed by atoms with Crippen LogP contribution < -0.4 is 16.2 Å². The summed E-state index contributed by atoms with van der Waals surface area (Å²) in [6.45, 7) is 3.51. The van der Waals surface area contributed by atoms with Crippen molar-refractivity contribution in [3.05, 3.63) is 39.8 Å². The number of carbonyl (C=O) groups excluding carboxylic acids is 1. The predicted molar refractivity (Wildman–Crippen MR) is 108 cm³/mol. The minimum atomic E-state index is -4.62. The summed E-state index contributed by atoms with van der Waals surface area (Å²) in [5, 5.41) is 6.19. The number of alkyl halides is 3. The Morgan fingerprint density at radius 1 is 1.13 bits per heavy atom. The molecule has 0 aliphatic rings. The molecule has 0 unspecified atom stereocenters. The van der Waals surface area contributed by atoms with Crippen LogP contribution in [0.2, 0.25) is 10.3 Å². The molecule has 13 heteroatoms. The van der Waals surface area contributed by atoms with Gasteiger partial charge >= 0.3 is 12.2 Å². The van der Waals surface area contributed by atoms with Crippen molar-refractivity contribution in [1.82, 2.24) is 25.2 Å². The standard InChI is InChI=1S/C17H16Cl2F3N7O/c1-7(2)9-6-12(25-15-13(9)14(17(20,21)22)28-29(15)3)26-27-16(30)23-8-4-10(18)24-11(19)5-8/h4-7H,1-3H3,(H,25,26)(H2,23,24,27,30). The molecule has 3 aromatic heterocycles. The van der Waals surface area contributed by atoms with Crippen LogP contribution in [0.4, 0.5) is 29.5 Å².